The fraction of sp³-hybridized carbons (Fsp3) is 1.00. The van der Waals surface area contributed by atoms with Crippen LogP contribution in [0.15, 0.2) is 0 Å². The molecule has 0 saturated heterocycles. The highest BCUT2D eigenvalue weighted by Gasteiger charge is 2.35. The molecule has 0 nitrogen and oxygen atoms in total. The Morgan fingerprint density at radius 2 is 1.71 bits per heavy atom. The van der Waals surface area contributed by atoms with Crippen LogP contribution in [0.4, 0.5) is 4.39 Å². The molecule has 0 radical (unpaired) electrons. The van der Waals surface area contributed by atoms with Gasteiger partial charge in [-0.1, -0.05) is 46.0 Å². The maximum absolute atomic E-state index is 14.1. The summed E-state index contributed by atoms with van der Waals surface area (Å²) < 4.78 is 14.1. The zero-order chi connectivity index (χ0) is 12.3. The van der Waals surface area contributed by atoms with Crippen LogP contribution in [-0.4, -0.2) is 6.17 Å². The molecule has 0 spiro atoms. The van der Waals surface area contributed by atoms with E-state index >= 15 is 0 Å². The molecule has 2 aliphatic carbocycles. The lowest BCUT2D eigenvalue weighted by molar-refractivity contribution is 0.0620. The molecule has 2 rings (SSSR count). The van der Waals surface area contributed by atoms with E-state index in [1.54, 1.807) is 0 Å². The first kappa shape index (κ1) is 13.4. The Morgan fingerprint density at radius 3 is 2.29 bits per heavy atom. The summed E-state index contributed by atoms with van der Waals surface area (Å²) in [4.78, 5) is 0. The summed E-state index contributed by atoms with van der Waals surface area (Å²) >= 11 is 0. The van der Waals surface area contributed by atoms with Gasteiger partial charge >= 0.3 is 0 Å². The Balaban J connectivity index is 1.80. The molecule has 0 aromatic rings. The lowest BCUT2D eigenvalue weighted by Crippen LogP contribution is -2.33. The van der Waals surface area contributed by atoms with E-state index in [0.717, 1.165) is 18.8 Å². The van der Waals surface area contributed by atoms with E-state index in [2.05, 4.69) is 13.8 Å². The summed E-state index contributed by atoms with van der Waals surface area (Å²) in [6.07, 6.45) is 10.8. The molecule has 100 valence electrons. The van der Waals surface area contributed by atoms with Crippen molar-refractivity contribution in [2.24, 2.45) is 23.7 Å². The van der Waals surface area contributed by atoms with Crippen molar-refractivity contribution in [3.8, 4) is 0 Å². The highest BCUT2D eigenvalue weighted by molar-refractivity contribution is 4.86. The van der Waals surface area contributed by atoms with Crippen LogP contribution in [0.5, 0.6) is 0 Å². The molecule has 1 heteroatoms. The normalized spacial score (nSPS) is 43.6. The Kier molecular flexibility index (Phi) is 4.87. The van der Waals surface area contributed by atoms with E-state index in [0.29, 0.717) is 17.8 Å². The molecule has 2 saturated carbocycles. The van der Waals surface area contributed by atoms with Gasteiger partial charge in [0.05, 0.1) is 0 Å². The van der Waals surface area contributed by atoms with Crippen LogP contribution in [0.3, 0.4) is 0 Å². The molecule has 2 aliphatic rings. The van der Waals surface area contributed by atoms with Gasteiger partial charge in [-0.25, -0.2) is 4.39 Å². The fourth-order valence-electron chi connectivity index (χ4n) is 4.18. The molecule has 17 heavy (non-hydrogen) atoms. The van der Waals surface area contributed by atoms with Crippen LogP contribution >= 0.6 is 0 Å². The van der Waals surface area contributed by atoms with E-state index in [-0.39, 0.29) is 0 Å². The topological polar surface area (TPSA) is 0 Å². The number of hydrogen-bond acceptors (Lipinski definition) is 0. The molecule has 0 aliphatic heterocycles. The van der Waals surface area contributed by atoms with E-state index in [1.165, 1.54) is 44.9 Å². The highest BCUT2D eigenvalue weighted by atomic mass is 19.1. The minimum absolute atomic E-state index is 0.411. The summed E-state index contributed by atoms with van der Waals surface area (Å²) in [5, 5.41) is 0. The maximum Gasteiger partial charge on any atom is 0.103 e. The molecule has 0 bridgehead atoms. The highest BCUT2D eigenvalue weighted by Crippen LogP contribution is 2.43. The van der Waals surface area contributed by atoms with Gasteiger partial charge in [0.15, 0.2) is 0 Å². The van der Waals surface area contributed by atoms with Crippen molar-refractivity contribution in [1.29, 1.82) is 0 Å². The average molecular weight is 240 g/mol. The second kappa shape index (κ2) is 6.20. The largest absolute Gasteiger partial charge is 0.247 e. The lowest BCUT2D eigenvalue weighted by atomic mass is 9.68. The van der Waals surface area contributed by atoms with Crippen LogP contribution < -0.4 is 0 Å². The zero-order valence-corrected chi connectivity index (χ0v) is 11.6. The van der Waals surface area contributed by atoms with Gasteiger partial charge in [0.2, 0.25) is 0 Å². The molecule has 0 heterocycles. The maximum atomic E-state index is 14.1. The molecule has 0 aromatic carbocycles. The van der Waals surface area contributed by atoms with Gasteiger partial charge in [-0.2, -0.15) is 0 Å². The molecule has 3 atom stereocenters. The molecule has 2 fully saturated rings. The Bertz CT molecular complexity index is 218. The smallest absolute Gasteiger partial charge is 0.103 e. The third-order valence-electron chi connectivity index (χ3n) is 5.28. The number of alkyl halides is 1. The van der Waals surface area contributed by atoms with Crippen molar-refractivity contribution in [3.05, 3.63) is 0 Å². The predicted octanol–water partition coefficient (Wildman–Crippen LogP) is 5.37. The summed E-state index contributed by atoms with van der Waals surface area (Å²) in [5.41, 5.74) is 0. The third-order valence-corrected chi connectivity index (χ3v) is 5.28. The fourth-order valence-corrected chi connectivity index (χ4v) is 4.18. The average Bonchev–Trinajstić information content (AvgIpc) is 2.31. The Morgan fingerprint density at radius 1 is 1.00 bits per heavy atom. The van der Waals surface area contributed by atoms with E-state index in [4.69, 9.17) is 0 Å². The van der Waals surface area contributed by atoms with E-state index in [1.807, 2.05) is 0 Å². The van der Waals surface area contributed by atoms with Gasteiger partial charge in [-0.3, -0.25) is 0 Å². The standard InChI is InChI=1S/C16H29F/c1-3-4-13-6-8-14(9-7-13)15-10-5-12(2)11-16(15)17/h12-16H,3-11H2,1-2H3. The molecular weight excluding hydrogens is 211 g/mol. The number of halogens is 1. The molecule has 3 unspecified atom stereocenters. The first-order valence-corrected chi connectivity index (χ1v) is 7.84. The summed E-state index contributed by atoms with van der Waals surface area (Å²) in [6.45, 7) is 4.49. The second-order valence-corrected chi connectivity index (χ2v) is 6.67. The van der Waals surface area contributed by atoms with Crippen LogP contribution in [0.1, 0.15) is 71.6 Å². The predicted molar refractivity (Wildman–Crippen MR) is 71.8 cm³/mol. The summed E-state index contributed by atoms with van der Waals surface area (Å²) in [5.74, 6) is 2.70. The molecule has 0 aromatic heterocycles. The monoisotopic (exact) mass is 240 g/mol. The van der Waals surface area contributed by atoms with Crippen molar-refractivity contribution in [2.45, 2.75) is 77.8 Å². The van der Waals surface area contributed by atoms with Crippen LogP contribution in [0.25, 0.3) is 0 Å². The van der Waals surface area contributed by atoms with Crippen LogP contribution in [-0.2, 0) is 0 Å². The quantitative estimate of drug-likeness (QED) is 0.622. The zero-order valence-electron chi connectivity index (χ0n) is 11.6. The Hall–Kier alpha value is -0.0700. The van der Waals surface area contributed by atoms with Crippen molar-refractivity contribution in [3.63, 3.8) is 0 Å². The van der Waals surface area contributed by atoms with Crippen molar-refractivity contribution >= 4 is 0 Å². The van der Waals surface area contributed by atoms with E-state index in [9.17, 15) is 4.39 Å². The van der Waals surface area contributed by atoms with Crippen LogP contribution in [0, 0.1) is 23.7 Å². The van der Waals surface area contributed by atoms with Gasteiger partial charge in [0.1, 0.15) is 6.17 Å². The van der Waals surface area contributed by atoms with Crippen molar-refractivity contribution < 1.29 is 4.39 Å². The third kappa shape index (κ3) is 3.45. The van der Waals surface area contributed by atoms with Gasteiger partial charge in [-0.15, -0.1) is 0 Å². The minimum atomic E-state index is -0.494. The second-order valence-electron chi connectivity index (χ2n) is 6.67. The molecule has 0 amide bonds. The van der Waals surface area contributed by atoms with Crippen molar-refractivity contribution in [2.75, 3.05) is 0 Å². The summed E-state index contributed by atoms with van der Waals surface area (Å²) in [7, 11) is 0. The van der Waals surface area contributed by atoms with Gasteiger partial charge in [0.25, 0.3) is 0 Å². The lowest BCUT2D eigenvalue weighted by Gasteiger charge is -2.39. The van der Waals surface area contributed by atoms with Gasteiger partial charge < -0.3 is 0 Å². The van der Waals surface area contributed by atoms with Gasteiger partial charge in [-0.05, 0) is 49.4 Å². The molecular formula is C16H29F. The Labute approximate surface area is 106 Å². The first-order valence-electron chi connectivity index (χ1n) is 7.84. The molecule has 0 N–H and O–H groups in total. The van der Waals surface area contributed by atoms with Crippen LogP contribution in [0.2, 0.25) is 0 Å². The summed E-state index contributed by atoms with van der Waals surface area (Å²) in [6, 6.07) is 0. The number of rotatable bonds is 3. The minimum Gasteiger partial charge on any atom is -0.247 e. The van der Waals surface area contributed by atoms with E-state index < -0.39 is 6.17 Å². The first-order chi connectivity index (χ1) is 8.20. The number of hydrogen-bond donors (Lipinski definition) is 0. The SMILES string of the molecule is CCCC1CCC(C2CCC(C)CC2F)CC1. The van der Waals surface area contributed by atoms with Crippen molar-refractivity contribution in [1.82, 2.24) is 0 Å². The van der Waals surface area contributed by atoms with Gasteiger partial charge in [0, 0.05) is 0 Å².